The highest BCUT2D eigenvalue weighted by molar-refractivity contribution is 7.16. The molecule has 1 amide bonds. The monoisotopic (exact) mass is 428 g/mol. The average molecular weight is 429 g/mol. The summed E-state index contributed by atoms with van der Waals surface area (Å²) in [6.45, 7) is 5.77. The Labute approximate surface area is 181 Å². The molecule has 0 bridgehead atoms. The van der Waals surface area contributed by atoms with Crippen LogP contribution in [0.3, 0.4) is 0 Å². The summed E-state index contributed by atoms with van der Waals surface area (Å²) in [5.74, 6) is -0.462. The van der Waals surface area contributed by atoms with Crippen LogP contribution in [0.5, 0.6) is 0 Å². The Hall–Kier alpha value is -2.54. The molecule has 3 rings (SSSR count). The molecule has 1 fully saturated rings. The molecule has 1 aromatic carbocycles. The van der Waals surface area contributed by atoms with Gasteiger partial charge in [0.05, 0.1) is 13.0 Å². The standard InChI is InChI=1S/C23H28N2O4S/c1-13(2)20-19(22(28)29-4)24-23(30-20)25-21(27)14(3)16-10-8-15(9-11-16)12-17-6-5-7-18(17)26/h8-11,13-14,17H,5-7,12H2,1-4H3,(H,24,25,27). The first-order chi connectivity index (χ1) is 14.3. The number of hydrogen-bond acceptors (Lipinski definition) is 6. The summed E-state index contributed by atoms with van der Waals surface area (Å²) in [5, 5.41) is 3.23. The van der Waals surface area contributed by atoms with Crippen molar-refractivity contribution in [1.29, 1.82) is 0 Å². The predicted molar refractivity (Wildman–Crippen MR) is 117 cm³/mol. The van der Waals surface area contributed by atoms with E-state index in [0.29, 0.717) is 17.3 Å². The fraction of sp³-hybridized carbons (Fsp3) is 0.478. The van der Waals surface area contributed by atoms with Gasteiger partial charge in [0, 0.05) is 17.2 Å². The van der Waals surface area contributed by atoms with E-state index in [-0.39, 0.29) is 29.4 Å². The van der Waals surface area contributed by atoms with Crippen LogP contribution in [0.1, 0.15) is 78.4 Å². The molecule has 0 saturated heterocycles. The molecule has 0 aliphatic heterocycles. The zero-order chi connectivity index (χ0) is 21.8. The van der Waals surface area contributed by atoms with Crippen molar-refractivity contribution in [2.45, 2.75) is 58.3 Å². The van der Waals surface area contributed by atoms with E-state index >= 15 is 0 Å². The van der Waals surface area contributed by atoms with E-state index < -0.39 is 5.97 Å². The minimum atomic E-state index is -0.500. The zero-order valence-electron chi connectivity index (χ0n) is 17.9. The number of rotatable bonds is 7. The number of nitrogens with zero attached hydrogens (tertiary/aromatic N) is 1. The molecule has 2 unspecified atom stereocenters. The van der Waals surface area contributed by atoms with Gasteiger partial charge in [-0.15, -0.1) is 11.3 Å². The molecular formula is C23H28N2O4S. The summed E-state index contributed by atoms with van der Waals surface area (Å²) in [5.41, 5.74) is 2.27. The second-order valence-corrected chi connectivity index (χ2v) is 9.12. The first-order valence-electron chi connectivity index (χ1n) is 10.3. The van der Waals surface area contributed by atoms with Gasteiger partial charge in [0.2, 0.25) is 5.91 Å². The number of Topliss-reactive ketones (excluding diaryl/α,β-unsaturated/α-hetero) is 1. The van der Waals surface area contributed by atoms with Gasteiger partial charge in [-0.25, -0.2) is 9.78 Å². The number of ether oxygens (including phenoxy) is 1. The first-order valence-corrected chi connectivity index (χ1v) is 11.1. The molecule has 1 aliphatic rings. The topological polar surface area (TPSA) is 85.4 Å². The van der Waals surface area contributed by atoms with Crippen molar-refractivity contribution in [3.63, 3.8) is 0 Å². The summed E-state index contributed by atoms with van der Waals surface area (Å²) in [6, 6.07) is 7.89. The molecule has 0 radical (unpaired) electrons. The first kappa shape index (κ1) is 22.2. The third kappa shape index (κ3) is 4.95. The summed E-state index contributed by atoms with van der Waals surface area (Å²) < 4.78 is 4.80. The number of aromatic nitrogens is 1. The van der Waals surface area contributed by atoms with E-state index in [1.165, 1.54) is 18.4 Å². The van der Waals surface area contributed by atoms with E-state index in [1.54, 1.807) is 0 Å². The fourth-order valence-electron chi connectivity index (χ4n) is 3.72. The number of amides is 1. The van der Waals surface area contributed by atoms with Gasteiger partial charge in [0.25, 0.3) is 0 Å². The molecule has 6 nitrogen and oxygen atoms in total. The summed E-state index contributed by atoms with van der Waals surface area (Å²) in [4.78, 5) is 41.6. The van der Waals surface area contributed by atoms with Gasteiger partial charge in [-0.05, 0) is 43.2 Å². The van der Waals surface area contributed by atoms with Crippen LogP contribution < -0.4 is 5.32 Å². The Balaban J connectivity index is 1.67. The Bertz CT molecular complexity index is 933. The summed E-state index contributed by atoms with van der Waals surface area (Å²) >= 11 is 1.30. The molecule has 30 heavy (non-hydrogen) atoms. The third-order valence-electron chi connectivity index (χ3n) is 5.57. The van der Waals surface area contributed by atoms with Crippen LogP contribution in [0.2, 0.25) is 0 Å². The van der Waals surface area contributed by atoms with Crippen LogP contribution in [0.15, 0.2) is 24.3 Å². The number of carbonyl (C=O) groups excluding carboxylic acids is 3. The number of nitrogens with one attached hydrogen (secondary N) is 1. The quantitative estimate of drug-likeness (QED) is 0.646. The van der Waals surface area contributed by atoms with Gasteiger partial charge >= 0.3 is 5.97 Å². The van der Waals surface area contributed by atoms with Crippen molar-refractivity contribution < 1.29 is 19.1 Å². The van der Waals surface area contributed by atoms with Gasteiger partial charge < -0.3 is 10.1 Å². The Morgan fingerprint density at radius 3 is 2.50 bits per heavy atom. The van der Waals surface area contributed by atoms with Gasteiger partial charge in [-0.2, -0.15) is 0 Å². The lowest BCUT2D eigenvalue weighted by molar-refractivity contribution is -0.120. The SMILES string of the molecule is COC(=O)c1nc(NC(=O)C(C)c2ccc(CC3CCCC3=O)cc2)sc1C(C)C. The number of anilines is 1. The van der Waals surface area contributed by atoms with Crippen LogP contribution in [-0.4, -0.2) is 29.8 Å². The van der Waals surface area contributed by atoms with E-state index in [0.717, 1.165) is 35.3 Å². The summed E-state index contributed by atoms with van der Waals surface area (Å²) in [7, 11) is 1.32. The largest absolute Gasteiger partial charge is 0.464 e. The number of methoxy groups -OCH3 is 1. The van der Waals surface area contributed by atoms with Crippen molar-refractivity contribution in [1.82, 2.24) is 4.98 Å². The maximum Gasteiger partial charge on any atom is 0.357 e. The van der Waals surface area contributed by atoms with Crippen molar-refractivity contribution >= 4 is 34.1 Å². The number of thiazole rings is 1. The van der Waals surface area contributed by atoms with Crippen LogP contribution in [0, 0.1) is 5.92 Å². The van der Waals surface area contributed by atoms with Crippen LogP contribution >= 0.6 is 11.3 Å². The Kier molecular flexibility index (Phi) is 7.02. The number of hydrogen-bond donors (Lipinski definition) is 1. The van der Waals surface area contributed by atoms with Gasteiger partial charge in [0.15, 0.2) is 10.8 Å². The molecule has 1 saturated carbocycles. The normalized spacial score (nSPS) is 17.2. The van der Waals surface area contributed by atoms with Crippen molar-refractivity contribution in [2.75, 3.05) is 12.4 Å². The molecule has 2 atom stereocenters. The molecule has 0 spiro atoms. The third-order valence-corrected chi connectivity index (χ3v) is 6.84. The van der Waals surface area contributed by atoms with E-state index in [2.05, 4.69) is 10.3 Å². The lowest BCUT2D eigenvalue weighted by atomic mass is 9.94. The highest BCUT2D eigenvalue weighted by Crippen LogP contribution is 2.31. The Morgan fingerprint density at radius 1 is 1.23 bits per heavy atom. The lowest BCUT2D eigenvalue weighted by Gasteiger charge is -2.13. The Morgan fingerprint density at radius 2 is 1.93 bits per heavy atom. The number of carbonyl (C=O) groups is 3. The maximum atomic E-state index is 12.7. The van der Waals surface area contributed by atoms with E-state index in [9.17, 15) is 14.4 Å². The highest BCUT2D eigenvalue weighted by Gasteiger charge is 2.25. The van der Waals surface area contributed by atoms with Crippen molar-refractivity contribution in [3.05, 3.63) is 46.0 Å². The second-order valence-electron chi connectivity index (χ2n) is 8.09. The fourth-order valence-corrected chi connectivity index (χ4v) is 4.67. The number of ketones is 1. The van der Waals surface area contributed by atoms with E-state index in [4.69, 9.17) is 4.74 Å². The average Bonchev–Trinajstić information content (AvgIpc) is 3.34. The predicted octanol–water partition coefficient (Wildman–Crippen LogP) is 4.71. The molecule has 1 aliphatic carbocycles. The minimum Gasteiger partial charge on any atom is -0.464 e. The smallest absolute Gasteiger partial charge is 0.357 e. The summed E-state index contributed by atoms with van der Waals surface area (Å²) in [6.07, 6.45) is 3.44. The van der Waals surface area contributed by atoms with Gasteiger partial charge in [0.1, 0.15) is 5.78 Å². The second kappa shape index (κ2) is 9.51. The van der Waals surface area contributed by atoms with E-state index in [1.807, 2.05) is 45.0 Å². The van der Waals surface area contributed by atoms with Crippen molar-refractivity contribution in [3.8, 4) is 0 Å². The van der Waals surface area contributed by atoms with Gasteiger partial charge in [-0.3, -0.25) is 9.59 Å². The highest BCUT2D eigenvalue weighted by atomic mass is 32.1. The number of benzene rings is 1. The van der Waals surface area contributed by atoms with Crippen LogP contribution in [-0.2, 0) is 20.7 Å². The molecule has 2 aromatic rings. The minimum absolute atomic E-state index is 0.0963. The molecule has 160 valence electrons. The van der Waals surface area contributed by atoms with Crippen molar-refractivity contribution in [2.24, 2.45) is 5.92 Å². The van der Waals surface area contributed by atoms with Crippen LogP contribution in [0.4, 0.5) is 5.13 Å². The molecule has 7 heteroatoms. The molecule has 1 N–H and O–H groups in total. The maximum absolute atomic E-state index is 12.7. The zero-order valence-corrected chi connectivity index (χ0v) is 18.7. The molecule has 1 heterocycles. The number of esters is 1. The molecular weight excluding hydrogens is 400 g/mol. The molecule has 1 aromatic heterocycles. The lowest BCUT2D eigenvalue weighted by Crippen LogP contribution is -2.19. The van der Waals surface area contributed by atoms with Gasteiger partial charge in [-0.1, -0.05) is 38.1 Å². The van der Waals surface area contributed by atoms with Crippen LogP contribution in [0.25, 0.3) is 0 Å².